The SMILES string of the molecule is C#CC(C)NCC(O)COc1ccccc1. The van der Waals surface area contributed by atoms with Gasteiger partial charge in [-0.15, -0.1) is 6.42 Å². The molecule has 2 N–H and O–H groups in total. The summed E-state index contributed by atoms with van der Waals surface area (Å²) in [6.45, 7) is 2.55. The zero-order valence-electron chi connectivity index (χ0n) is 9.39. The Balaban J connectivity index is 2.21. The van der Waals surface area contributed by atoms with E-state index in [1.165, 1.54) is 0 Å². The molecule has 0 saturated carbocycles. The lowest BCUT2D eigenvalue weighted by Crippen LogP contribution is -2.35. The maximum Gasteiger partial charge on any atom is 0.119 e. The van der Waals surface area contributed by atoms with Crippen molar-refractivity contribution in [2.45, 2.75) is 19.1 Å². The fraction of sp³-hybridized carbons (Fsp3) is 0.385. The Morgan fingerprint density at radius 3 is 2.75 bits per heavy atom. The van der Waals surface area contributed by atoms with E-state index in [0.717, 1.165) is 5.75 Å². The molecule has 3 nitrogen and oxygen atoms in total. The maximum atomic E-state index is 9.60. The molecule has 0 radical (unpaired) electrons. The molecular weight excluding hydrogens is 202 g/mol. The lowest BCUT2D eigenvalue weighted by Gasteiger charge is -2.14. The Hall–Kier alpha value is -1.50. The van der Waals surface area contributed by atoms with E-state index in [9.17, 15) is 5.11 Å². The summed E-state index contributed by atoms with van der Waals surface area (Å²) in [5, 5.41) is 12.6. The number of ether oxygens (including phenoxy) is 1. The van der Waals surface area contributed by atoms with Crippen LogP contribution in [0.15, 0.2) is 30.3 Å². The standard InChI is InChI=1S/C13H17NO2/c1-3-11(2)14-9-12(15)10-16-13-7-5-4-6-8-13/h1,4-8,11-12,14-15H,9-10H2,2H3. The third-order valence-electron chi connectivity index (χ3n) is 2.10. The number of para-hydroxylation sites is 1. The molecular formula is C13H17NO2. The predicted molar refractivity (Wildman–Crippen MR) is 64.2 cm³/mol. The number of aliphatic hydroxyl groups is 1. The highest BCUT2D eigenvalue weighted by atomic mass is 16.5. The molecule has 0 amide bonds. The molecule has 0 aliphatic heterocycles. The summed E-state index contributed by atoms with van der Waals surface area (Å²) in [5.41, 5.74) is 0. The number of rotatable bonds is 6. The molecule has 0 spiro atoms. The van der Waals surface area contributed by atoms with Gasteiger partial charge in [-0.05, 0) is 19.1 Å². The van der Waals surface area contributed by atoms with Gasteiger partial charge in [0.1, 0.15) is 18.5 Å². The normalized spacial score (nSPS) is 13.8. The van der Waals surface area contributed by atoms with E-state index in [1.807, 2.05) is 37.3 Å². The minimum atomic E-state index is -0.559. The van der Waals surface area contributed by atoms with Gasteiger partial charge in [0.15, 0.2) is 0 Å². The monoisotopic (exact) mass is 219 g/mol. The lowest BCUT2D eigenvalue weighted by atomic mass is 10.3. The number of nitrogens with one attached hydrogen (secondary N) is 1. The van der Waals surface area contributed by atoms with E-state index in [-0.39, 0.29) is 12.6 Å². The van der Waals surface area contributed by atoms with E-state index >= 15 is 0 Å². The van der Waals surface area contributed by atoms with Crippen LogP contribution in [-0.2, 0) is 0 Å². The van der Waals surface area contributed by atoms with E-state index in [4.69, 9.17) is 11.2 Å². The van der Waals surface area contributed by atoms with Crippen LogP contribution in [0.3, 0.4) is 0 Å². The van der Waals surface area contributed by atoms with Gasteiger partial charge in [0.2, 0.25) is 0 Å². The van der Waals surface area contributed by atoms with Crippen LogP contribution in [0.2, 0.25) is 0 Å². The molecule has 0 heterocycles. The van der Waals surface area contributed by atoms with Gasteiger partial charge in [0.05, 0.1) is 6.04 Å². The number of terminal acetylenes is 1. The van der Waals surface area contributed by atoms with Crippen molar-refractivity contribution in [1.82, 2.24) is 5.32 Å². The molecule has 16 heavy (non-hydrogen) atoms. The smallest absolute Gasteiger partial charge is 0.119 e. The first-order chi connectivity index (χ1) is 7.72. The average molecular weight is 219 g/mol. The van der Waals surface area contributed by atoms with Crippen molar-refractivity contribution < 1.29 is 9.84 Å². The topological polar surface area (TPSA) is 41.5 Å². The van der Waals surface area contributed by atoms with Crippen LogP contribution in [0.25, 0.3) is 0 Å². The zero-order chi connectivity index (χ0) is 11.8. The van der Waals surface area contributed by atoms with Crippen molar-refractivity contribution in [2.75, 3.05) is 13.2 Å². The average Bonchev–Trinajstić information content (AvgIpc) is 2.34. The molecule has 0 aromatic heterocycles. The van der Waals surface area contributed by atoms with Crippen molar-refractivity contribution in [2.24, 2.45) is 0 Å². The summed E-state index contributed by atoms with van der Waals surface area (Å²) in [5.74, 6) is 3.29. The largest absolute Gasteiger partial charge is 0.491 e. The number of benzene rings is 1. The van der Waals surface area contributed by atoms with Crippen LogP contribution < -0.4 is 10.1 Å². The van der Waals surface area contributed by atoms with Gasteiger partial charge in [-0.25, -0.2) is 0 Å². The van der Waals surface area contributed by atoms with Crippen molar-refractivity contribution in [1.29, 1.82) is 0 Å². The molecule has 1 aromatic carbocycles. The van der Waals surface area contributed by atoms with Gasteiger partial charge in [-0.2, -0.15) is 0 Å². The fourth-order valence-corrected chi connectivity index (χ4v) is 1.14. The molecule has 0 aliphatic carbocycles. The highest BCUT2D eigenvalue weighted by Crippen LogP contribution is 2.08. The maximum absolute atomic E-state index is 9.60. The Labute approximate surface area is 96.4 Å². The quantitative estimate of drug-likeness (QED) is 0.702. The molecule has 2 atom stereocenters. The van der Waals surface area contributed by atoms with E-state index < -0.39 is 6.10 Å². The molecule has 0 bridgehead atoms. The van der Waals surface area contributed by atoms with Crippen LogP contribution in [-0.4, -0.2) is 30.4 Å². The second kappa shape index (κ2) is 6.89. The highest BCUT2D eigenvalue weighted by Gasteiger charge is 2.06. The zero-order valence-corrected chi connectivity index (χ0v) is 9.39. The Morgan fingerprint density at radius 1 is 1.44 bits per heavy atom. The van der Waals surface area contributed by atoms with Gasteiger partial charge in [-0.3, -0.25) is 0 Å². The summed E-state index contributed by atoms with van der Waals surface area (Å²) in [4.78, 5) is 0. The Kier molecular flexibility index (Phi) is 5.41. The van der Waals surface area contributed by atoms with Crippen molar-refractivity contribution in [3.05, 3.63) is 30.3 Å². The number of hydrogen-bond acceptors (Lipinski definition) is 3. The van der Waals surface area contributed by atoms with Crippen molar-refractivity contribution >= 4 is 0 Å². The van der Waals surface area contributed by atoms with E-state index in [2.05, 4.69) is 11.2 Å². The number of hydrogen-bond donors (Lipinski definition) is 2. The third-order valence-corrected chi connectivity index (χ3v) is 2.10. The molecule has 0 aliphatic rings. The molecule has 3 heteroatoms. The summed E-state index contributed by atoms with van der Waals surface area (Å²) in [6.07, 6.45) is 4.64. The van der Waals surface area contributed by atoms with Crippen molar-refractivity contribution in [3.8, 4) is 18.1 Å². The van der Waals surface area contributed by atoms with Crippen LogP contribution in [0.4, 0.5) is 0 Å². The van der Waals surface area contributed by atoms with Crippen LogP contribution >= 0.6 is 0 Å². The fourth-order valence-electron chi connectivity index (χ4n) is 1.14. The van der Waals surface area contributed by atoms with Crippen LogP contribution in [0.1, 0.15) is 6.92 Å². The summed E-state index contributed by atoms with van der Waals surface area (Å²) in [7, 11) is 0. The van der Waals surface area contributed by atoms with Gasteiger partial charge >= 0.3 is 0 Å². The molecule has 0 fully saturated rings. The lowest BCUT2D eigenvalue weighted by molar-refractivity contribution is 0.105. The molecule has 1 rings (SSSR count). The van der Waals surface area contributed by atoms with Gasteiger partial charge in [0, 0.05) is 6.54 Å². The predicted octanol–water partition coefficient (Wildman–Crippen LogP) is 1.04. The summed E-state index contributed by atoms with van der Waals surface area (Å²) >= 11 is 0. The molecule has 2 unspecified atom stereocenters. The molecule has 1 aromatic rings. The second-order valence-electron chi connectivity index (χ2n) is 3.57. The van der Waals surface area contributed by atoms with E-state index in [0.29, 0.717) is 6.54 Å². The second-order valence-corrected chi connectivity index (χ2v) is 3.57. The minimum Gasteiger partial charge on any atom is -0.491 e. The highest BCUT2D eigenvalue weighted by molar-refractivity contribution is 5.20. The summed E-state index contributed by atoms with van der Waals surface area (Å²) < 4.78 is 5.39. The number of aliphatic hydroxyl groups excluding tert-OH is 1. The molecule has 0 saturated heterocycles. The van der Waals surface area contributed by atoms with Gasteiger partial charge < -0.3 is 15.2 Å². The van der Waals surface area contributed by atoms with Gasteiger partial charge in [-0.1, -0.05) is 24.1 Å². The first-order valence-corrected chi connectivity index (χ1v) is 5.28. The van der Waals surface area contributed by atoms with Crippen LogP contribution in [0, 0.1) is 12.3 Å². The Morgan fingerprint density at radius 2 is 2.12 bits per heavy atom. The van der Waals surface area contributed by atoms with Crippen molar-refractivity contribution in [3.63, 3.8) is 0 Å². The first kappa shape index (κ1) is 12.6. The van der Waals surface area contributed by atoms with E-state index in [1.54, 1.807) is 0 Å². The molecule has 86 valence electrons. The van der Waals surface area contributed by atoms with Crippen LogP contribution in [0.5, 0.6) is 5.75 Å². The van der Waals surface area contributed by atoms with Gasteiger partial charge in [0.25, 0.3) is 0 Å². The summed E-state index contributed by atoms with van der Waals surface area (Å²) in [6, 6.07) is 9.36. The minimum absolute atomic E-state index is 0.0358. The third kappa shape index (κ3) is 4.83. The first-order valence-electron chi connectivity index (χ1n) is 5.28. The Bertz CT molecular complexity index is 332.